The molecule has 0 amide bonds. The van der Waals surface area contributed by atoms with Crippen molar-refractivity contribution in [2.45, 2.75) is 12.5 Å². The highest BCUT2D eigenvalue weighted by molar-refractivity contribution is 5.62. The van der Waals surface area contributed by atoms with Gasteiger partial charge in [0.05, 0.1) is 6.10 Å². The minimum absolute atomic E-state index is 0.555. The Morgan fingerprint density at radius 3 is 3.15 bits per heavy atom. The molecule has 2 nitrogen and oxygen atoms in total. The van der Waals surface area contributed by atoms with Crippen molar-refractivity contribution in [2.75, 3.05) is 11.9 Å². The van der Waals surface area contributed by atoms with E-state index in [-0.39, 0.29) is 0 Å². The van der Waals surface area contributed by atoms with Crippen molar-refractivity contribution in [3.8, 4) is 0 Å². The molecule has 0 bridgehead atoms. The maximum Gasteiger partial charge on any atom is 0.0989 e. The molecule has 1 unspecified atom stereocenters. The molecule has 2 N–H and O–H groups in total. The predicted molar refractivity (Wildman–Crippen MR) is 53.8 cm³/mol. The van der Waals surface area contributed by atoms with Crippen molar-refractivity contribution in [2.24, 2.45) is 0 Å². The quantitative estimate of drug-likeness (QED) is 0.672. The Morgan fingerprint density at radius 1 is 1.54 bits per heavy atom. The van der Waals surface area contributed by atoms with Gasteiger partial charge in [-0.3, -0.25) is 0 Å². The van der Waals surface area contributed by atoms with E-state index in [1.54, 1.807) is 6.08 Å². The number of benzene rings is 1. The molecule has 0 aliphatic carbocycles. The van der Waals surface area contributed by atoms with Crippen LogP contribution in [0.2, 0.25) is 0 Å². The lowest BCUT2D eigenvalue weighted by Gasteiger charge is -2.11. The third-order valence-corrected chi connectivity index (χ3v) is 2.42. The highest BCUT2D eigenvalue weighted by Gasteiger charge is 2.16. The highest BCUT2D eigenvalue weighted by atomic mass is 16.3. The Balaban J connectivity index is 2.46. The van der Waals surface area contributed by atoms with Gasteiger partial charge in [0.15, 0.2) is 0 Å². The van der Waals surface area contributed by atoms with Crippen LogP contribution in [-0.4, -0.2) is 11.7 Å². The topological polar surface area (TPSA) is 32.3 Å². The third-order valence-electron chi connectivity index (χ3n) is 2.42. The van der Waals surface area contributed by atoms with E-state index in [2.05, 4.69) is 18.0 Å². The maximum absolute atomic E-state index is 9.64. The maximum atomic E-state index is 9.64. The molecule has 1 atom stereocenters. The van der Waals surface area contributed by atoms with E-state index in [4.69, 9.17) is 0 Å². The number of fused-ring (bicyclic) bond motifs is 1. The fourth-order valence-corrected chi connectivity index (χ4v) is 1.74. The van der Waals surface area contributed by atoms with Gasteiger partial charge in [0.1, 0.15) is 0 Å². The zero-order valence-electron chi connectivity index (χ0n) is 7.46. The van der Waals surface area contributed by atoms with Crippen molar-refractivity contribution in [3.05, 3.63) is 42.0 Å². The van der Waals surface area contributed by atoms with Crippen LogP contribution in [0, 0.1) is 0 Å². The number of hydrogen-bond donors (Lipinski definition) is 2. The number of aliphatic hydroxyl groups excluding tert-OH is 1. The summed E-state index contributed by atoms with van der Waals surface area (Å²) in [6.07, 6.45) is 2.04. The van der Waals surface area contributed by atoms with Crippen LogP contribution < -0.4 is 5.32 Å². The molecular weight excluding hydrogens is 162 g/mol. The molecule has 1 aliphatic rings. The van der Waals surface area contributed by atoms with Gasteiger partial charge in [0.25, 0.3) is 0 Å². The smallest absolute Gasteiger partial charge is 0.0989 e. The molecule has 0 radical (unpaired) electrons. The highest BCUT2D eigenvalue weighted by Crippen LogP contribution is 2.30. The molecule has 2 rings (SSSR count). The van der Waals surface area contributed by atoms with E-state index in [1.807, 2.05) is 12.1 Å². The van der Waals surface area contributed by atoms with Crippen LogP contribution in [0.5, 0.6) is 0 Å². The van der Waals surface area contributed by atoms with Crippen LogP contribution in [0.15, 0.2) is 30.9 Å². The molecule has 0 spiro atoms. The molecule has 1 aromatic rings. The molecule has 68 valence electrons. The van der Waals surface area contributed by atoms with Crippen LogP contribution in [-0.2, 0) is 6.42 Å². The number of hydrogen-bond acceptors (Lipinski definition) is 2. The molecule has 1 aliphatic heterocycles. The summed E-state index contributed by atoms with van der Waals surface area (Å²) >= 11 is 0. The fourth-order valence-electron chi connectivity index (χ4n) is 1.74. The lowest BCUT2D eigenvalue weighted by atomic mass is 10.0. The van der Waals surface area contributed by atoms with Gasteiger partial charge in [0.2, 0.25) is 0 Å². The summed E-state index contributed by atoms with van der Waals surface area (Å²) < 4.78 is 0. The second-order valence-electron chi connectivity index (χ2n) is 3.24. The summed E-state index contributed by atoms with van der Waals surface area (Å²) in [4.78, 5) is 0. The number of anilines is 1. The van der Waals surface area contributed by atoms with Gasteiger partial charge in [-0.1, -0.05) is 24.3 Å². The third kappa shape index (κ3) is 1.33. The average molecular weight is 175 g/mol. The summed E-state index contributed by atoms with van der Waals surface area (Å²) in [5.74, 6) is 0. The molecule has 1 heterocycles. The van der Waals surface area contributed by atoms with Gasteiger partial charge < -0.3 is 10.4 Å². The van der Waals surface area contributed by atoms with Gasteiger partial charge >= 0.3 is 0 Å². The van der Waals surface area contributed by atoms with Gasteiger partial charge in [0, 0.05) is 17.8 Å². The van der Waals surface area contributed by atoms with Gasteiger partial charge in [-0.05, 0) is 12.0 Å². The lowest BCUT2D eigenvalue weighted by molar-refractivity contribution is 0.230. The van der Waals surface area contributed by atoms with Crippen molar-refractivity contribution < 1.29 is 5.11 Å². The predicted octanol–water partition coefficient (Wildman–Crippen LogP) is 1.87. The molecule has 13 heavy (non-hydrogen) atoms. The number of para-hydroxylation sites is 1. The van der Waals surface area contributed by atoms with E-state index in [0.717, 1.165) is 24.2 Å². The van der Waals surface area contributed by atoms with Gasteiger partial charge in [-0.25, -0.2) is 0 Å². The van der Waals surface area contributed by atoms with Crippen LogP contribution in [0.1, 0.15) is 17.2 Å². The average Bonchev–Trinajstić information content (AvgIpc) is 2.63. The minimum Gasteiger partial charge on any atom is -0.384 e. The summed E-state index contributed by atoms with van der Waals surface area (Å²) in [5, 5.41) is 12.9. The summed E-state index contributed by atoms with van der Waals surface area (Å²) in [7, 11) is 0. The zero-order chi connectivity index (χ0) is 9.26. The molecule has 0 saturated carbocycles. The molecule has 0 aromatic heterocycles. The largest absolute Gasteiger partial charge is 0.384 e. The first-order valence-electron chi connectivity index (χ1n) is 4.49. The van der Waals surface area contributed by atoms with Crippen molar-refractivity contribution in [1.29, 1.82) is 0 Å². The van der Waals surface area contributed by atoms with Gasteiger partial charge in [-0.2, -0.15) is 0 Å². The van der Waals surface area contributed by atoms with E-state index in [1.165, 1.54) is 5.56 Å². The summed E-state index contributed by atoms with van der Waals surface area (Å²) in [6, 6.07) is 6.01. The number of nitrogens with one attached hydrogen (secondary N) is 1. The first-order chi connectivity index (χ1) is 6.33. The van der Waals surface area contributed by atoms with Crippen LogP contribution in [0.4, 0.5) is 5.69 Å². The van der Waals surface area contributed by atoms with Crippen LogP contribution >= 0.6 is 0 Å². The molecule has 0 saturated heterocycles. The van der Waals surface area contributed by atoms with Crippen LogP contribution in [0.25, 0.3) is 0 Å². The first-order valence-corrected chi connectivity index (χ1v) is 4.49. The van der Waals surface area contributed by atoms with Crippen molar-refractivity contribution in [1.82, 2.24) is 0 Å². The second-order valence-corrected chi connectivity index (χ2v) is 3.24. The lowest BCUT2D eigenvalue weighted by Crippen LogP contribution is -1.99. The minimum atomic E-state index is -0.555. The summed E-state index contributed by atoms with van der Waals surface area (Å²) in [6.45, 7) is 4.55. The van der Waals surface area contributed by atoms with E-state index in [0.29, 0.717) is 0 Å². The molecular formula is C11H13NO. The SMILES string of the molecule is C=CC(O)c1cccc2c1NCC2. The Morgan fingerprint density at radius 2 is 2.38 bits per heavy atom. The molecule has 1 aromatic carbocycles. The van der Waals surface area contributed by atoms with E-state index in [9.17, 15) is 5.11 Å². The van der Waals surface area contributed by atoms with Gasteiger partial charge in [-0.15, -0.1) is 6.58 Å². The van der Waals surface area contributed by atoms with E-state index >= 15 is 0 Å². The standard InChI is InChI=1S/C11H13NO/c1-2-10(13)9-5-3-4-8-6-7-12-11(8)9/h2-5,10,12-13H,1,6-7H2. The Kier molecular flexibility index (Phi) is 2.07. The summed E-state index contributed by atoms with van der Waals surface area (Å²) in [5.41, 5.74) is 3.32. The Bertz CT molecular complexity index is 333. The monoisotopic (exact) mass is 175 g/mol. The molecule has 2 heteroatoms. The normalized spacial score (nSPS) is 16.1. The Hall–Kier alpha value is -1.28. The van der Waals surface area contributed by atoms with Crippen molar-refractivity contribution in [3.63, 3.8) is 0 Å². The fraction of sp³-hybridized carbons (Fsp3) is 0.273. The number of aliphatic hydroxyl groups is 1. The van der Waals surface area contributed by atoms with Crippen LogP contribution in [0.3, 0.4) is 0 Å². The number of rotatable bonds is 2. The van der Waals surface area contributed by atoms with E-state index < -0.39 is 6.10 Å². The molecule has 0 fully saturated rings. The first kappa shape index (κ1) is 8.32. The Labute approximate surface area is 77.9 Å². The van der Waals surface area contributed by atoms with Crippen molar-refractivity contribution >= 4 is 5.69 Å². The second kappa shape index (κ2) is 3.23. The zero-order valence-corrected chi connectivity index (χ0v) is 7.46.